The molecule has 0 fully saturated rings. The van der Waals surface area contributed by atoms with Gasteiger partial charge in [0.1, 0.15) is 5.82 Å². The van der Waals surface area contributed by atoms with Crippen LogP contribution < -0.4 is 10.6 Å². The fourth-order valence-electron chi connectivity index (χ4n) is 1.61. The van der Waals surface area contributed by atoms with Crippen molar-refractivity contribution in [1.29, 1.82) is 0 Å². The summed E-state index contributed by atoms with van der Waals surface area (Å²) in [5.41, 5.74) is 2.45. The molecule has 1 aromatic carbocycles. The van der Waals surface area contributed by atoms with E-state index < -0.39 is 11.8 Å². The highest BCUT2D eigenvalue weighted by Gasteiger charge is 2.15. The molecule has 2 aromatic rings. The highest BCUT2D eigenvalue weighted by molar-refractivity contribution is 6.43. The molecule has 2 N–H and O–H groups in total. The molecule has 102 valence electrons. The molecule has 0 saturated heterocycles. The van der Waals surface area contributed by atoms with Crippen LogP contribution in [0, 0.1) is 13.8 Å². The second-order valence-electron chi connectivity index (χ2n) is 4.44. The molecule has 1 heterocycles. The molecule has 0 atom stereocenters. The predicted molar refractivity (Wildman–Crippen MR) is 77.4 cm³/mol. The quantitative estimate of drug-likeness (QED) is 0.822. The average Bonchev–Trinajstić information content (AvgIpc) is 2.44. The Morgan fingerprint density at radius 1 is 0.950 bits per heavy atom. The minimum Gasteiger partial charge on any atom is -0.318 e. The van der Waals surface area contributed by atoms with Gasteiger partial charge in [-0.15, -0.1) is 0 Å². The van der Waals surface area contributed by atoms with Gasteiger partial charge in [0.15, 0.2) is 0 Å². The average molecular weight is 269 g/mol. The van der Waals surface area contributed by atoms with Crippen molar-refractivity contribution in [1.82, 2.24) is 4.98 Å². The summed E-state index contributed by atoms with van der Waals surface area (Å²) in [6.07, 6.45) is 1.56. The fourth-order valence-corrected chi connectivity index (χ4v) is 1.61. The first-order valence-electron chi connectivity index (χ1n) is 6.17. The maximum atomic E-state index is 11.8. The van der Waals surface area contributed by atoms with Gasteiger partial charge in [-0.05, 0) is 37.6 Å². The van der Waals surface area contributed by atoms with Gasteiger partial charge in [0, 0.05) is 11.9 Å². The zero-order valence-corrected chi connectivity index (χ0v) is 11.3. The number of rotatable bonds is 2. The zero-order chi connectivity index (χ0) is 14.5. The molecule has 0 unspecified atom stereocenters. The fraction of sp³-hybridized carbons (Fsp3) is 0.133. The van der Waals surface area contributed by atoms with Gasteiger partial charge in [0.25, 0.3) is 0 Å². The number of nitrogens with zero attached hydrogens (tertiary/aromatic N) is 1. The van der Waals surface area contributed by atoms with Crippen LogP contribution in [-0.4, -0.2) is 16.8 Å². The van der Waals surface area contributed by atoms with Crippen LogP contribution in [0.15, 0.2) is 42.6 Å². The van der Waals surface area contributed by atoms with E-state index in [0.29, 0.717) is 11.5 Å². The second-order valence-corrected chi connectivity index (χ2v) is 4.44. The molecule has 2 rings (SSSR count). The number of hydrogen-bond donors (Lipinski definition) is 2. The third-order valence-electron chi connectivity index (χ3n) is 2.76. The highest BCUT2D eigenvalue weighted by Crippen LogP contribution is 2.10. The van der Waals surface area contributed by atoms with E-state index in [0.717, 1.165) is 11.1 Å². The summed E-state index contributed by atoms with van der Waals surface area (Å²) in [7, 11) is 0. The summed E-state index contributed by atoms with van der Waals surface area (Å²) < 4.78 is 0. The van der Waals surface area contributed by atoms with Crippen molar-refractivity contribution in [2.45, 2.75) is 13.8 Å². The molecule has 2 amide bonds. The van der Waals surface area contributed by atoms with Crippen molar-refractivity contribution in [3.63, 3.8) is 0 Å². The van der Waals surface area contributed by atoms with E-state index in [1.807, 2.05) is 19.1 Å². The Kier molecular flexibility index (Phi) is 4.10. The highest BCUT2D eigenvalue weighted by atomic mass is 16.2. The maximum Gasteiger partial charge on any atom is 0.315 e. The van der Waals surface area contributed by atoms with E-state index in [2.05, 4.69) is 15.6 Å². The van der Waals surface area contributed by atoms with E-state index in [9.17, 15) is 9.59 Å². The lowest BCUT2D eigenvalue weighted by molar-refractivity contribution is -0.133. The summed E-state index contributed by atoms with van der Waals surface area (Å²) >= 11 is 0. The number of nitrogens with one attached hydrogen (secondary N) is 2. The number of amides is 2. The lowest BCUT2D eigenvalue weighted by atomic mass is 10.2. The summed E-state index contributed by atoms with van der Waals surface area (Å²) in [6.45, 7) is 3.75. The smallest absolute Gasteiger partial charge is 0.315 e. The predicted octanol–water partition coefficient (Wildman–Crippen LogP) is 2.28. The second kappa shape index (κ2) is 5.97. The summed E-state index contributed by atoms with van der Waals surface area (Å²) in [5, 5.41) is 5.01. The summed E-state index contributed by atoms with van der Waals surface area (Å²) in [4.78, 5) is 27.5. The zero-order valence-electron chi connectivity index (χ0n) is 11.3. The molecule has 20 heavy (non-hydrogen) atoms. The molecule has 0 spiro atoms. The third-order valence-corrected chi connectivity index (χ3v) is 2.76. The summed E-state index contributed by atoms with van der Waals surface area (Å²) in [5.74, 6) is -1.08. The van der Waals surface area contributed by atoms with Crippen LogP contribution in [0.2, 0.25) is 0 Å². The first-order chi connectivity index (χ1) is 9.56. The molecule has 0 radical (unpaired) electrons. The Morgan fingerprint density at radius 2 is 1.60 bits per heavy atom. The van der Waals surface area contributed by atoms with Crippen LogP contribution in [0.1, 0.15) is 11.1 Å². The van der Waals surface area contributed by atoms with Crippen LogP contribution in [0.3, 0.4) is 0 Å². The van der Waals surface area contributed by atoms with Crippen molar-refractivity contribution in [3.05, 3.63) is 53.7 Å². The minimum atomic E-state index is -0.743. The Bertz CT molecular complexity index is 636. The van der Waals surface area contributed by atoms with Gasteiger partial charge in [-0.3, -0.25) is 9.59 Å². The topological polar surface area (TPSA) is 71.1 Å². The minimum absolute atomic E-state index is 0.386. The van der Waals surface area contributed by atoms with Gasteiger partial charge in [-0.25, -0.2) is 4.98 Å². The number of hydrogen-bond acceptors (Lipinski definition) is 3. The van der Waals surface area contributed by atoms with Crippen LogP contribution in [0.5, 0.6) is 0 Å². The van der Waals surface area contributed by atoms with Crippen LogP contribution in [0.4, 0.5) is 11.5 Å². The van der Waals surface area contributed by atoms with Crippen LogP contribution in [0.25, 0.3) is 0 Å². The van der Waals surface area contributed by atoms with Crippen LogP contribution >= 0.6 is 0 Å². The number of carbonyl (C=O) groups is 2. The van der Waals surface area contributed by atoms with E-state index in [-0.39, 0.29) is 0 Å². The molecule has 0 saturated carbocycles. The lowest BCUT2D eigenvalue weighted by Crippen LogP contribution is -2.29. The monoisotopic (exact) mass is 269 g/mol. The Balaban J connectivity index is 2.01. The van der Waals surface area contributed by atoms with Crippen LogP contribution in [-0.2, 0) is 9.59 Å². The normalized spacial score (nSPS) is 9.90. The van der Waals surface area contributed by atoms with Gasteiger partial charge < -0.3 is 10.6 Å². The first kappa shape index (κ1) is 13.7. The van der Waals surface area contributed by atoms with Gasteiger partial charge >= 0.3 is 11.8 Å². The number of aromatic nitrogens is 1. The molecule has 0 aliphatic rings. The molecule has 0 aliphatic carbocycles. The summed E-state index contributed by atoms with van der Waals surface area (Å²) in [6, 6.07) is 10.8. The van der Waals surface area contributed by atoms with E-state index >= 15 is 0 Å². The lowest BCUT2D eigenvalue weighted by Gasteiger charge is -2.07. The van der Waals surface area contributed by atoms with E-state index in [1.165, 1.54) is 0 Å². The SMILES string of the molecule is Cc1ccc(NC(=O)C(=O)Nc2ncccc2C)cc1. The number of benzene rings is 1. The standard InChI is InChI=1S/C15H15N3O2/c1-10-5-7-12(8-6-10)17-14(19)15(20)18-13-11(2)4-3-9-16-13/h3-9H,1-2H3,(H,17,19)(H,16,18,20). The van der Waals surface area contributed by atoms with Crippen molar-refractivity contribution < 1.29 is 9.59 Å². The molecular weight excluding hydrogens is 254 g/mol. The Morgan fingerprint density at radius 3 is 2.25 bits per heavy atom. The van der Waals surface area contributed by atoms with E-state index in [1.54, 1.807) is 37.4 Å². The Hall–Kier alpha value is -2.69. The molecule has 1 aromatic heterocycles. The molecule has 5 heteroatoms. The van der Waals surface area contributed by atoms with Gasteiger partial charge in [-0.2, -0.15) is 0 Å². The largest absolute Gasteiger partial charge is 0.318 e. The Labute approximate surface area is 117 Å². The molecule has 0 aliphatic heterocycles. The van der Waals surface area contributed by atoms with E-state index in [4.69, 9.17) is 0 Å². The van der Waals surface area contributed by atoms with Gasteiger partial charge in [0.2, 0.25) is 0 Å². The van der Waals surface area contributed by atoms with Crippen molar-refractivity contribution >= 4 is 23.3 Å². The molecule has 5 nitrogen and oxygen atoms in total. The number of pyridine rings is 1. The molecular formula is C15H15N3O2. The number of anilines is 2. The third kappa shape index (κ3) is 3.41. The molecule has 0 bridgehead atoms. The number of carbonyl (C=O) groups excluding carboxylic acids is 2. The van der Waals surface area contributed by atoms with Gasteiger partial charge in [-0.1, -0.05) is 23.8 Å². The van der Waals surface area contributed by atoms with Crippen molar-refractivity contribution in [2.24, 2.45) is 0 Å². The maximum absolute atomic E-state index is 11.8. The van der Waals surface area contributed by atoms with Crippen molar-refractivity contribution in [3.8, 4) is 0 Å². The first-order valence-corrected chi connectivity index (χ1v) is 6.17. The van der Waals surface area contributed by atoms with Gasteiger partial charge in [0.05, 0.1) is 0 Å². The number of aryl methyl sites for hydroxylation is 2. The van der Waals surface area contributed by atoms with Crippen molar-refractivity contribution in [2.75, 3.05) is 10.6 Å².